The summed E-state index contributed by atoms with van der Waals surface area (Å²) in [6.45, 7) is 9.87. The van der Waals surface area contributed by atoms with Crippen LogP contribution in [0.3, 0.4) is 0 Å². The van der Waals surface area contributed by atoms with Gasteiger partial charge in [-0.3, -0.25) is 0 Å². The summed E-state index contributed by atoms with van der Waals surface area (Å²) >= 11 is 0. The van der Waals surface area contributed by atoms with Crippen LogP contribution in [0.25, 0.3) is 11.0 Å². The molecule has 0 spiro atoms. The number of fused-ring (bicyclic) bond motifs is 1. The van der Waals surface area contributed by atoms with Crippen LogP contribution in [0, 0.1) is 13.8 Å². The fourth-order valence-corrected chi connectivity index (χ4v) is 2.28. The summed E-state index contributed by atoms with van der Waals surface area (Å²) in [4.78, 5) is 11.9. The highest BCUT2D eigenvalue weighted by Gasteiger charge is 2.13. The van der Waals surface area contributed by atoms with Crippen molar-refractivity contribution in [3.8, 4) is 5.75 Å². The van der Waals surface area contributed by atoms with Crippen molar-refractivity contribution in [3.63, 3.8) is 0 Å². The van der Waals surface area contributed by atoms with Crippen molar-refractivity contribution >= 4 is 11.0 Å². The van der Waals surface area contributed by atoms with E-state index in [1.807, 2.05) is 32.9 Å². The molecular formula is C16H18O3. The van der Waals surface area contributed by atoms with Crippen LogP contribution in [-0.2, 0) is 6.42 Å². The van der Waals surface area contributed by atoms with Crippen LogP contribution < -0.4 is 10.4 Å². The molecule has 0 amide bonds. The van der Waals surface area contributed by atoms with E-state index < -0.39 is 0 Å². The van der Waals surface area contributed by atoms with E-state index in [1.54, 1.807) is 6.08 Å². The highest BCUT2D eigenvalue weighted by Crippen LogP contribution is 2.29. The van der Waals surface area contributed by atoms with E-state index in [4.69, 9.17) is 9.15 Å². The highest BCUT2D eigenvalue weighted by atomic mass is 16.5. The van der Waals surface area contributed by atoms with E-state index in [0.717, 1.165) is 27.8 Å². The minimum Gasteiger partial charge on any atom is -0.489 e. The van der Waals surface area contributed by atoms with Gasteiger partial charge in [0.2, 0.25) is 0 Å². The van der Waals surface area contributed by atoms with Crippen molar-refractivity contribution < 1.29 is 9.15 Å². The minimum atomic E-state index is -0.253. The smallest absolute Gasteiger partial charge is 0.339 e. The Labute approximate surface area is 112 Å². The third-order valence-corrected chi connectivity index (χ3v) is 3.36. The van der Waals surface area contributed by atoms with E-state index in [-0.39, 0.29) is 5.63 Å². The first-order valence-electron chi connectivity index (χ1n) is 6.39. The fourth-order valence-electron chi connectivity index (χ4n) is 2.28. The van der Waals surface area contributed by atoms with Gasteiger partial charge in [0.05, 0.1) is 0 Å². The molecule has 0 bridgehead atoms. The van der Waals surface area contributed by atoms with Crippen LogP contribution in [0.4, 0.5) is 0 Å². The maximum absolute atomic E-state index is 11.9. The molecular weight excluding hydrogens is 240 g/mol. The Kier molecular flexibility index (Phi) is 3.74. The van der Waals surface area contributed by atoms with Gasteiger partial charge in [-0.15, -0.1) is 0 Å². The summed E-state index contributed by atoms with van der Waals surface area (Å²) in [7, 11) is 0. The Morgan fingerprint density at radius 2 is 2.05 bits per heavy atom. The van der Waals surface area contributed by atoms with Crippen LogP contribution in [0.1, 0.15) is 23.6 Å². The summed E-state index contributed by atoms with van der Waals surface area (Å²) < 4.78 is 11.0. The van der Waals surface area contributed by atoms with Crippen molar-refractivity contribution in [1.82, 2.24) is 0 Å². The van der Waals surface area contributed by atoms with Crippen LogP contribution in [0.15, 0.2) is 34.0 Å². The highest BCUT2D eigenvalue weighted by molar-refractivity contribution is 5.85. The lowest BCUT2D eigenvalue weighted by Gasteiger charge is -2.11. The number of ether oxygens (including phenoxy) is 1. The van der Waals surface area contributed by atoms with Gasteiger partial charge in [0.1, 0.15) is 17.9 Å². The second kappa shape index (κ2) is 5.31. The predicted molar refractivity (Wildman–Crippen MR) is 77.0 cm³/mol. The van der Waals surface area contributed by atoms with Gasteiger partial charge in [0.15, 0.2) is 0 Å². The van der Waals surface area contributed by atoms with Crippen molar-refractivity contribution in [2.45, 2.75) is 27.2 Å². The lowest BCUT2D eigenvalue weighted by Crippen LogP contribution is -2.09. The topological polar surface area (TPSA) is 39.4 Å². The Bertz CT molecular complexity index is 680. The molecule has 0 atom stereocenters. The molecule has 0 saturated carbocycles. The molecule has 3 nitrogen and oxygen atoms in total. The molecule has 0 fully saturated rings. The predicted octanol–water partition coefficient (Wildman–Crippen LogP) is 3.54. The van der Waals surface area contributed by atoms with Gasteiger partial charge in [-0.2, -0.15) is 0 Å². The van der Waals surface area contributed by atoms with E-state index in [0.29, 0.717) is 18.6 Å². The summed E-state index contributed by atoms with van der Waals surface area (Å²) in [5.74, 6) is 0.721. The Morgan fingerprint density at radius 3 is 2.68 bits per heavy atom. The van der Waals surface area contributed by atoms with Crippen LogP contribution in [0.5, 0.6) is 5.75 Å². The zero-order valence-electron chi connectivity index (χ0n) is 11.6. The monoisotopic (exact) mass is 258 g/mol. The fraction of sp³-hybridized carbons (Fsp3) is 0.312. The molecule has 0 radical (unpaired) electrons. The average Bonchev–Trinajstić information content (AvgIpc) is 2.39. The van der Waals surface area contributed by atoms with Crippen LogP contribution in [0.2, 0.25) is 0 Å². The number of hydrogen-bond acceptors (Lipinski definition) is 3. The number of rotatable bonds is 4. The minimum absolute atomic E-state index is 0.253. The molecule has 1 aromatic heterocycles. The second-order valence-electron chi connectivity index (χ2n) is 4.51. The van der Waals surface area contributed by atoms with Gasteiger partial charge in [-0.1, -0.05) is 19.6 Å². The van der Waals surface area contributed by atoms with E-state index in [2.05, 4.69) is 6.58 Å². The summed E-state index contributed by atoms with van der Waals surface area (Å²) in [6.07, 6.45) is 2.36. The lowest BCUT2D eigenvalue weighted by molar-refractivity contribution is 0.360. The average molecular weight is 258 g/mol. The van der Waals surface area contributed by atoms with Gasteiger partial charge in [0, 0.05) is 16.5 Å². The third-order valence-electron chi connectivity index (χ3n) is 3.36. The van der Waals surface area contributed by atoms with E-state index >= 15 is 0 Å². The summed E-state index contributed by atoms with van der Waals surface area (Å²) in [6, 6.07) is 3.85. The first-order chi connectivity index (χ1) is 9.10. The Balaban J connectivity index is 2.70. The molecule has 0 aliphatic rings. The molecule has 0 N–H and O–H groups in total. The maximum Gasteiger partial charge on any atom is 0.339 e. The van der Waals surface area contributed by atoms with E-state index in [9.17, 15) is 4.79 Å². The molecule has 2 rings (SSSR count). The van der Waals surface area contributed by atoms with Gasteiger partial charge in [0.25, 0.3) is 0 Å². The molecule has 19 heavy (non-hydrogen) atoms. The number of benzene rings is 1. The van der Waals surface area contributed by atoms with Crippen molar-refractivity contribution in [2.24, 2.45) is 0 Å². The third kappa shape index (κ3) is 2.28. The maximum atomic E-state index is 11.9. The molecule has 2 aromatic rings. The molecule has 0 saturated heterocycles. The van der Waals surface area contributed by atoms with Crippen LogP contribution in [-0.4, -0.2) is 6.61 Å². The summed E-state index contributed by atoms with van der Waals surface area (Å²) in [5, 5.41) is 0.972. The Hall–Kier alpha value is -2.03. The zero-order chi connectivity index (χ0) is 14.0. The molecule has 100 valence electrons. The first kappa shape index (κ1) is 13.4. The van der Waals surface area contributed by atoms with Gasteiger partial charge in [-0.05, 0) is 38.0 Å². The van der Waals surface area contributed by atoms with Gasteiger partial charge >= 0.3 is 5.63 Å². The molecule has 1 aromatic carbocycles. The molecule has 0 unspecified atom stereocenters. The quantitative estimate of drug-likeness (QED) is 0.622. The van der Waals surface area contributed by atoms with Crippen molar-refractivity contribution in [1.29, 1.82) is 0 Å². The SMILES string of the molecule is C=CCOc1ccc2c(C)c(CC)c(=O)oc2c1C. The number of hydrogen-bond donors (Lipinski definition) is 0. The van der Waals surface area contributed by atoms with Gasteiger partial charge < -0.3 is 9.15 Å². The zero-order valence-corrected chi connectivity index (χ0v) is 11.6. The number of aryl methyl sites for hydroxylation is 2. The van der Waals surface area contributed by atoms with Gasteiger partial charge in [-0.25, -0.2) is 4.79 Å². The molecule has 1 heterocycles. The normalized spacial score (nSPS) is 10.7. The van der Waals surface area contributed by atoms with Crippen LogP contribution >= 0.6 is 0 Å². The lowest BCUT2D eigenvalue weighted by atomic mass is 10.0. The van der Waals surface area contributed by atoms with Crippen molar-refractivity contribution in [3.05, 3.63) is 51.9 Å². The molecule has 0 aliphatic carbocycles. The second-order valence-corrected chi connectivity index (χ2v) is 4.51. The molecule has 3 heteroatoms. The summed E-state index contributed by atoms with van der Waals surface area (Å²) in [5.41, 5.74) is 2.94. The van der Waals surface area contributed by atoms with E-state index in [1.165, 1.54) is 0 Å². The molecule has 0 aliphatic heterocycles. The largest absolute Gasteiger partial charge is 0.489 e. The van der Waals surface area contributed by atoms with Crippen molar-refractivity contribution in [2.75, 3.05) is 6.61 Å². The Morgan fingerprint density at radius 1 is 1.32 bits per heavy atom. The standard InChI is InChI=1S/C16H18O3/c1-5-9-18-14-8-7-13-10(3)12(6-2)16(17)19-15(13)11(14)4/h5,7-8H,1,6,9H2,2-4H3. The first-order valence-corrected chi connectivity index (χ1v) is 6.39.